The maximum absolute atomic E-state index is 13.0. The summed E-state index contributed by atoms with van der Waals surface area (Å²) in [6.07, 6.45) is 5.66. The molecular weight excluding hydrogens is 384 g/mol. The van der Waals surface area contributed by atoms with Crippen molar-refractivity contribution < 1.29 is 13.2 Å². The molecule has 1 amide bonds. The fraction of sp³-hybridized carbons (Fsp3) is 0.696. The van der Waals surface area contributed by atoms with E-state index in [1.54, 1.807) is 12.1 Å². The van der Waals surface area contributed by atoms with Crippen molar-refractivity contribution in [2.75, 3.05) is 13.1 Å². The Labute approximate surface area is 176 Å². The lowest BCUT2D eigenvalue weighted by Crippen LogP contribution is -2.46. The zero-order valence-corrected chi connectivity index (χ0v) is 19.1. The molecular formula is C23H36N2O3S. The molecule has 1 aromatic carbocycles. The van der Waals surface area contributed by atoms with Crippen LogP contribution in [0.15, 0.2) is 29.2 Å². The number of benzene rings is 1. The number of nitrogens with zero attached hydrogens (tertiary/aromatic N) is 1. The summed E-state index contributed by atoms with van der Waals surface area (Å²) in [5, 5.41) is 3.21. The Bertz CT molecular complexity index is 796. The second-order valence-corrected chi connectivity index (χ2v) is 11.9. The summed E-state index contributed by atoms with van der Waals surface area (Å²) in [6, 6.07) is 7.51. The van der Waals surface area contributed by atoms with Crippen molar-refractivity contribution >= 4 is 15.9 Å². The number of sulfonamides is 1. The Hall–Kier alpha value is -1.40. The maximum atomic E-state index is 13.0. The highest BCUT2D eigenvalue weighted by atomic mass is 32.2. The standard InChI is InChI=1S/C23H36N2O3S/c1-17-5-9-20(10-6-17)24-22(26)18-13-15-25(16-14-18)29(27,28)21-11-7-19(8-12-21)23(2,3)4/h7-8,11-12,17-18,20H,5-6,9-10,13-16H2,1-4H3,(H,24,26). The SMILES string of the molecule is CC1CCC(NC(=O)C2CCN(S(=O)(=O)c3ccc(C(C)(C)C)cc3)CC2)CC1. The Morgan fingerprint density at radius 3 is 2.03 bits per heavy atom. The molecule has 1 saturated heterocycles. The van der Waals surface area contributed by atoms with Crippen molar-refractivity contribution in [2.45, 2.75) is 82.6 Å². The Kier molecular flexibility index (Phi) is 6.74. The topological polar surface area (TPSA) is 66.5 Å². The summed E-state index contributed by atoms with van der Waals surface area (Å²) in [6.45, 7) is 9.41. The molecule has 2 fully saturated rings. The van der Waals surface area contributed by atoms with Gasteiger partial charge in [0, 0.05) is 25.0 Å². The number of amides is 1. The van der Waals surface area contributed by atoms with Gasteiger partial charge in [0.25, 0.3) is 0 Å². The van der Waals surface area contributed by atoms with E-state index in [0.29, 0.717) is 36.9 Å². The smallest absolute Gasteiger partial charge is 0.243 e. The lowest BCUT2D eigenvalue weighted by molar-refractivity contribution is -0.127. The van der Waals surface area contributed by atoms with Crippen molar-refractivity contribution in [3.63, 3.8) is 0 Å². The van der Waals surface area contributed by atoms with E-state index in [1.807, 2.05) is 12.1 Å². The number of nitrogens with one attached hydrogen (secondary N) is 1. The fourth-order valence-corrected chi connectivity index (χ4v) is 5.83. The first-order valence-electron chi connectivity index (χ1n) is 11.0. The molecule has 6 heteroatoms. The molecule has 1 aromatic rings. The second kappa shape index (κ2) is 8.76. The van der Waals surface area contributed by atoms with Crippen molar-refractivity contribution in [1.82, 2.24) is 9.62 Å². The summed E-state index contributed by atoms with van der Waals surface area (Å²) >= 11 is 0. The molecule has 2 aliphatic rings. The van der Waals surface area contributed by atoms with Gasteiger partial charge in [-0.2, -0.15) is 4.31 Å². The molecule has 0 bridgehead atoms. The average molecular weight is 421 g/mol. The van der Waals surface area contributed by atoms with Gasteiger partial charge < -0.3 is 5.32 Å². The van der Waals surface area contributed by atoms with E-state index in [9.17, 15) is 13.2 Å². The van der Waals surface area contributed by atoms with Crippen molar-refractivity contribution in [2.24, 2.45) is 11.8 Å². The van der Waals surface area contributed by atoms with Crippen LogP contribution in [-0.2, 0) is 20.2 Å². The number of hydrogen-bond donors (Lipinski definition) is 1. The van der Waals surface area contributed by atoms with Crippen molar-refractivity contribution in [3.8, 4) is 0 Å². The maximum Gasteiger partial charge on any atom is 0.243 e. The highest BCUT2D eigenvalue weighted by Crippen LogP contribution is 2.28. The van der Waals surface area contributed by atoms with Crippen LogP contribution in [0.4, 0.5) is 0 Å². The van der Waals surface area contributed by atoms with Crippen molar-refractivity contribution in [3.05, 3.63) is 29.8 Å². The fourth-order valence-electron chi connectivity index (χ4n) is 4.36. The van der Waals surface area contributed by atoms with Crippen LogP contribution in [0, 0.1) is 11.8 Å². The highest BCUT2D eigenvalue weighted by molar-refractivity contribution is 7.89. The summed E-state index contributed by atoms with van der Waals surface area (Å²) in [7, 11) is -3.51. The van der Waals surface area contributed by atoms with Crippen LogP contribution in [0.3, 0.4) is 0 Å². The van der Waals surface area contributed by atoms with Crippen LogP contribution in [0.25, 0.3) is 0 Å². The molecule has 1 heterocycles. The molecule has 0 aromatic heterocycles. The Morgan fingerprint density at radius 1 is 0.966 bits per heavy atom. The minimum Gasteiger partial charge on any atom is -0.353 e. The van der Waals surface area contributed by atoms with Crippen LogP contribution in [0.2, 0.25) is 0 Å². The zero-order chi connectivity index (χ0) is 21.2. The molecule has 1 aliphatic heterocycles. The quantitative estimate of drug-likeness (QED) is 0.798. The molecule has 0 radical (unpaired) electrons. The first-order chi connectivity index (χ1) is 13.6. The van der Waals surface area contributed by atoms with Gasteiger partial charge in [-0.3, -0.25) is 4.79 Å². The summed E-state index contributed by atoms with van der Waals surface area (Å²) in [5.41, 5.74) is 1.11. The molecule has 1 aliphatic carbocycles. The molecule has 3 rings (SSSR count). The minimum absolute atomic E-state index is 0.00955. The van der Waals surface area contributed by atoms with Crippen LogP contribution in [0.1, 0.15) is 71.8 Å². The van der Waals surface area contributed by atoms with Gasteiger partial charge in [-0.05, 0) is 67.6 Å². The highest BCUT2D eigenvalue weighted by Gasteiger charge is 2.33. The normalized spacial score (nSPS) is 25.0. The van der Waals surface area contributed by atoms with Gasteiger partial charge in [0.1, 0.15) is 0 Å². The van der Waals surface area contributed by atoms with E-state index in [4.69, 9.17) is 0 Å². The average Bonchev–Trinajstić information content (AvgIpc) is 2.69. The molecule has 0 spiro atoms. The van der Waals surface area contributed by atoms with Gasteiger partial charge in [0.05, 0.1) is 4.90 Å². The minimum atomic E-state index is -3.51. The first kappa shape index (κ1) is 22.3. The first-order valence-corrected chi connectivity index (χ1v) is 12.4. The third kappa shape index (κ3) is 5.40. The number of piperidine rings is 1. The van der Waals surface area contributed by atoms with E-state index < -0.39 is 10.0 Å². The molecule has 0 atom stereocenters. The van der Waals surface area contributed by atoms with Crippen molar-refractivity contribution in [1.29, 1.82) is 0 Å². The summed E-state index contributed by atoms with van der Waals surface area (Å²) < 4.78 is 27.5. The second-order valence-electron chi connectivity index (χ2n) is 9.92. The van der Waals surface area contributed by atoms with Crippen LogP contribution < -0.4 is 5.32 Å². The van der Waals surface area contributed by atoms with Gasteiger partial charge in [0.2, 0.25) is 15.9 Å². The molecule has 162 valence electrons. The predicted molar refractivity (Wildman–Crippen MR) is 116 cm³/mol. The van der Waals surface area contributed by atoms with E-state index in [0.717, 1.165) is 24.3 Å². The van der Waals surface area contributed by atoms with E-state index in [1.165, 1.54) is 17.1 Å². The molecule has 0 unspecified atom stereocenters. The van der Waals surface area contributed by atoms with E-state index >= 15 is 0 Å². The zero-order valence-electron chi connectivity index (χ0n) is 18.3. The molecule has 5 nitrogen and oxygen atoms in total. The van der Waals surface area contributed by atoms with Gasteiger partial charge in [-0.1, -0.05) is 39.8 Å². The van der Waals surface area contributed by atoms with E-state index in [-0.39, 0.29) is 17.2 Å². The largest absolute Gasteiger partial charge is 0.353 e. The third-order valence-corrected chi connectivity index (χ3v) is 8.46. The summed E-state index contributed by atoms with van der Waals surface area (Å²) in [4.78, 5) is 13.0. The molecule has 1 saturated carbocycles. The van der Waals surface area contributed by atoms with Gasteiger partial charge in [-0.15, -0.1) is 0 Å². The van der Waals surface area contributed by atoms with Crippen LogP contribution in [-0.4, -0.2) is 37.8 Å². The molecule has 29 heavy (non-hydrogen) atoms. The predicted octanol–water partition coefficient (Wildman–Crippen LogP) is 4.08. The monoisotopic (exact) mass is 420 g/mol. The lowest BCUT2D eigenvalue weighted by Gasteiger charge is -2.33. The van der Waals surface area contributed by atoms with Gasteiger partial charge >= 0.3 is 0 Å². The number of rotatable bonds is 4. The number of carbonyl (C=O) groups is 1. The molecule has 1 N–H and O–H groups in total. The Balaban J connectivity index is 1.56. The number of carbonyl (C=O) groups excluding carboxylic acids is 1. The van der Waals surface area contributed by atoms with E-state index in [2.05, 4.69) is 33.0 Å². The number of hydrogen-bond acceptors (Lipinski definition) is 3. The Morgan fingerprint density at radius 2 is 1.52 bits per heavy atom. The van der Waals surface area contributed by atoms with Crippen LogP contribution >= 0.6 is 0 Å². The van der Waals surface area contributed by atoms with Gasteiger partial charge in [-0.25, -0.2) is 8.42 Å². The lowest BCUT2D eigenvalue weighted by atomic mass is 9.87. The van der Waals surface area contributed by atoms with Crippen LogP contribution in [0.5, 0.6) is 0 Å². The third-order valence-electron chi connectivity index (χ3n) is 6.55. The summed E-state index contributed by atoms with van der Waals surface area (Å²) in [5.74, 6) is 0.786. The van der Waals surface area contributed by atoms with Gasteiger partial charge in [0.15, 0.2) is 0 Å².